The maximum Gasteiger partial charge on any atom is 0.242 e. The van der Waals surface area contributed by atoms with Gasteiger partial charge in [0.15, 0.2) is 0 Å². The number of hydrogen-bond acceptors (Lipinski definition) is 2. The number of carbonyl (C=O) groups excluding carboxylic acids is 2. The Morgan fingerprint density at radius 2 is 1.69 bits per heavy atom. The molecule has 0 aliphatic heterocycles. The van der Waals surface area contributed by atoms with E-state index >= 15 is 0 Å². The van der Waals surface area contributed by atoms with Crippen molar-refractivity contribution in [2.75, 3.05) is 7.05 Å². The first-order chi connectivity index (χ1) is 12.3. The molecule has 4 nitrogen and oxygen atoms in total. The van der Waals surface area contributed by atoms with Crippen LogP contribution in [0.3, 0.4) is 0 Å². The second-order valence-electron chi connectivity index (χ2n) is 6.12. The average molecular weight is 393 g/mol. The number of carbonyl (C=O) groups is 2. The summed E-state index contributed by atoms with van der Waals surface area (Å²) in [6.45, 7) is 4.03. The van der Waals surface area contributed by atoms with Crippen LogP contribution in [-0.4, -0.2) is 29.8 Å². The molecule has 0 aromatic heterocycles. The first-order valence-electron chi connectivity index (χ1n) is 8.33. The summed E-state index contributed by atoms with van der Waals surface area (Å²) in [5.41, 5.74) is 2.62. The van der Waals surface area contributed by atoms with E-state index in [2.05, 4.69) is 5.32 Å². The van der Waals surface area contributed by atoms with Gasteiger partial charge in [-0.25, -0.2) is 0 Å². The second-order valence-corrected chi connectivity index (χ2v) is 6.93. The van der Waals surface area contributed by atoms with Gasteiger partial charge >= 0.3 is 0 Å². The lowest BCUT2D eigenvalue weighted by molar-refractivity contribution is -0.139. The lowest BCUT2D eigenvalue weighted by Crippen LogP contribution is -2.47. The Morgan fingerprint density at radius 3 is 2.27 bits per heavy atom. The van der Waals surface area contributed by atoms with Gasteiger partial charge in [0.1, 0.15) is 6.04 Å². The molecule has 0 radical (unpaired) electrons. The summed E-state index contributed by atoms with van der Waals surface area (Å²) in [5, 5.41) is 3.48. The van der Waals surface area contributed by atoms with Crippen molar-refractivity contribution in [2.45, 2.75) is 32.9 Å². The second kappa shape index (κ2) is 9.06. The number of hydrogen-bond donors (Lipinski definition) is 1. The first kappa shape index (κ1) is 20.3. The molecule has 26 heavy (non-hydrogen) atoms. The fraction of sp³-hybridized carbons (Fsp3) is 0.300. The van der Waals surface area contributed by atoms with Gasteiger partial charge in [-0.2, -0.15) is 0 Å². The number of nitrogens with zero attached hydrogens (tertiary/aromatic N) is 1. The van der Waals surface area contributed by atoms with E-state index in [4.69, 9.17) is 23.2 Å². The number of benzene rings is 2. The van der Waals surface area contributed by atoms with Crippen LogP contribution in [0, 0.1) is 6.92 Å². The minimum absolute atomic E-state index is 0.0335. The molecule has 0 aliphatic carbocycles. The van der Waals surface area contributed by atoms with E-state index in [1.165, 1.54) is 0 Å². The number of rotatable bonds is 6. The zero-order valence-electron chi connectivity index (χ0n) is 15.1. The molecule has 0 spiro atoms. The van der Waals surface area contributed by atoms with Gasteiger partial charge in [-0.15, -0.1) is 0 Å². The predicted molar refractivity (Wildman–Crippen MR) is 105 cm³/mol. The van der Waals surface area contributed by atoms with Gasteiger partial charge in [0, 0.05) is 23.6 Å². The maximum atomic E-state index is 13.0. The molecule has 2 amide bonds. The van der Waals surface area contributed by atoms with Gasteiger partial charge in [-0.3, -0.25) is 9.59 Å². The van der Waals surface area contributed by atoms with Crippen LogP contribution in [0.1, 0.15) is 23.6 Å². The summed E-state index contributed by atoms with van der Waals surface area (Å²) in [5.74, 6) is -0.434. The van der Waals surface area contributed by atoms with Crippen LogP contribution in [0.5, 0.6) is 0 Å². The van der Waals surface area contributed by atoms with Crippen molar-refractivity contribution in [2.24, 2.45) is 0 Å². The Hall–Kier alpha value is -2.04. The summed E-state index contributed by atoms with van der Waals surface area (Å²) in [6.07, 6.45) is 0.0335. The van der Waals surface area contributed by atoms with Crippen LogP contribution < -0.4 is 5.32 Å². The molecular weight excluding hydrogens is 371 g/mol. The van der Waals surface area contributed by atoms with Crippen LogP contribution in [0.25, 0.3) is 0 Å². The summed E-state index contributed by atoms with van der Waals surface area (Å²) in [7, 11) is 1.56. The molecule has 0 fully saturated rings. The topological polar surface area (TPSA) is 49.4 Å². The molecule has 2 rings (SSSR count). The van der Waals surface area contributed by atoms with Crippen molar-refractivity contribution in [3.63, 3.8) is 0 Å². The third-order valence-corrected chi connectivity index (χ3v) is 5.11. The monoisotopic (exact) mass is 392 g/mol. The molecule has 1 N–H and O–H groups in total. The quantitative estimate of drug-likeness (QED) is 0.806. The van der Waals surface area contributed by atoms with Crippen molar-refractivity contribution in [1.29, 1.82) is 0 Å². The van der Waals surface area contributed by atoms with Crippen molar-refractivity contribution < 1.29 is 9.59 Å². The van der Waals surface area contributed by atoms with E-state index in [9.17, 15) is 9.59 Å². The standard InChI is InChI=1S/C20H22Cl2N2O2/c1-13-7-4-5-8-15(13)12-24(14(2)20(26)23-3)19(25)11-16-17(21)9-6-10-18(16)22/h4-10,14H,11-12H2,1-3H3,(H,23,26). The predicted octanol–water partition coefficient (Wildman–Crippen LogP) is 4.01. The molecule has 138 valence electrons. The van der Waals surface area contributed by atoms with Crippen molar-refractivity contribution in [3.8, 4) is 0 Å². The zero-order chi connectivity index (χ0) is 19.3. The van der Waals surface area contributed by atoms with E-state index in [1.807, 2.05) is 31.2 Å². The van der Waals surface area contributed by atoms with Gasteiger partial charge in [0.2, 0.25) is 11.8 Å². The normalized spacial score (nSPS) is 11.7. The molecule has 0 heterocycles. The van der Waals surface area contributed by atoms with Crippen molar-refractivity contribution in [1.82, 2.24) is 10.2 Å². The van der Waals surface area contributed by atoms with Gasteiger partial charge in [0.05, 0.1) is 6.42 Å². The maximum absolute atomic E-state index is 13.0. The molecule has 0 aliphatic rings. The minimum atomic E-state index is -0.617. The van der Waals surface area contributed by atoms with Crippen LogP contribution in [-0.2, 0) is 22.6 Å². The molecule has 6 heteroatoms. The smallest absolute Gasteiger partial charge is 0.242 e. The summed E-state index contributed by atoms with van der Waals surface area (Å²) < 4.78 is 0. The van der Waals surface area contributed by atoms with Crippen LogP contribution in [0.15, 0.2) is 42.5 Å². The highest BCUT2D eigenvalue weighted by molar-refractivity contribution is 6.36. The largest absolute Gasteiger partial charge is 0.357 e. The van der Waals surface area contributed by atoms with E-state index < -0.39 is 6.04 Å². The van der Waals surface area contributed by atoms with Gasteiger partial charge in [-0.05, 0) is 42.7 Å². The van der Waals surface area contributed by atoms with Crippen LogP contribution in [0.2, 0.25) is 10.0 Å². The van der Waals surface area contributed by atoms with Crippen LogP contribution in [0.4, 0.5) is 0 Å². The van der Waals surface area contributed by atoms with E-state index in [0.717, 1.165) is 11.1 Å². The molecule has 0 bridgehead atoms. The Bertz CT molecular complexity index is 788. The zero-order valence-corrected chi connectivity index (χ0v) is 16.6. The summed E-state index contributed by atoms with van der Waals surface area (Å²) >= 11 is 12.4. The Balaban J connectivity index is 2.32. The molecule has 2 aromatic rings. The lowest BCUT2D eigenvalue weighted by Gasteiger charge is -2.29. The lowest BCUT2D eigenvalue weighted by atomic mass is 10.1. The fourth-order valence-corrected chi connectivity index (χ4v) is 3.25. The Kier molecular flexibility index (Phi) is 7.06. The fourth-order valence-electron chi connectivity index (χ4n) is 2.72. The number of nitrogens with one attached hydrogen (secondary N) is 1. The van der Waals surface area contributed by atoms with Gasteiger partial charge in [0.25, 0.3) is 0 Å². The molecule has 2 aromatic carbocycles. The third kappa shape index (κ3) is 4.77. The molecular formula is C20H22Cl2N2O2. The summed E-state index contributed by atoms with van der Waals surface area (Å²) in [6, 6.07) is 12.3. The molecule has 0 saturated carbocycles. The summed E-state index contributed by atoms with van der Waals surface area (Å²) in [4.78, 5) is 26.7. The van der Waals surface area contributed by atoms with Crippen LogP contribution >= 0.6 is 23.2 Å². The van der Waals surface area contributed by atoms with E-state index in [-0.39, 0.29) is 18.2 Å². The molecule has 0 saturated heterocycles. The average Bonchev–Trinajstić information content (AvgIpc) is 2.62. The molecule has 1 atom stereocenters. The van der Waals surface area contributed by atoms with Gasteiger partial charge < -0.3 is 10.2 Å². The number of likely N-dealkylation sites (N-methyl/N-ethyl adjacent to an activating group) is 1. The highest BCUT2D eigenvalue weighted by Gasteiger charge is 2.26. The van der Waals surface area contributed by atoms with E-state index in [1.54, 1.807) is 37.1 Å². The number of amides is 2. The highest BCUT2D eigenvalue weighted by Crippen LogP contribution is 2.26. The Morgan fingerprint density at radius 1 is 1.08 bits per heavy atom. The van der Waals surface area contributed by atoms with E-state index in [0.29, 0.717) is 22.2 Å². The van der Waals surface area contributed by atoms with Crippen molar-refractivity contribution in [3.05, 3.63) is 69.2 Å². The number of halogens is 2. The third-order valence-electron chi connectivity index (χ3n) is 4.41. The highest BCUT2D eigenvalue weighted by atomic mass is 35.5. The SMILES string of the molecule is CNC(=O)C(C)N(Cc1ccccc1C)C(=O)Cc1c(Cl)cccc1Cl. The number of aryl methyl sites for hydroxylation is 1. The Labute approximate surface area is 164 Å². The van der Waals surface area contributed by atoms with Gasteiger partial charge in [-0.1, -0.05) is 53.5 Å². The minimum Gasteiger partial charge on any atom is -0.357 e. The first-order valence-corrected chi connectivity index (χ1v) is 9.09. The van der Waals surface area contributed by atoms with Crippen molar-refractivity contribution >= 4 is 35.0 Å². The molecule has 1 unspecified atom stereocenters.